The molecule has 0 aliphatic carbocycles. The van der Waals surface area contributed by atoms with Crippen molar-refractivity contribution >= 4 is 5.91 Å². The van der Waals surface area contributed by atoms with Crippen LogP contribution in [0.2, 0.25) is 0 Å². The van der Waals surface area contributed by atoms with Gasteiger partial charge in [-0.3, -0.25) is 4.79 Å². The maximum absolute atomic E-state index is 11.1. The van der Waals surface area contributed by atoms with E-state index < -0.39 is 0 Å². The van der Waals surface area contributed by atoms with E-state index in [1.54, 1.807) is 6.08 Å². The molecule has 0 saturated heterocycles. The van der Waals surface area contributed by atoms with E-state index in [0.29, 0.717) is 6.42 Å². The number of hydrogen-bond acceptors (Lipinski definition) is 1. The number of carbonyl (C=O) groups excluding carboxylic acids is 1. The smallest absolute Gasteiger partial charge is 0.223 e. The van der Waals surface area contributed by atoms with Gasteiger partial charge >= 0.3 is 0 Å². The summed E-state index contributed by atoms with van der Waals surface area (Å²) in [6.07, 6.45) is 12.5. The molecule has 94 valence electrons. The Morgan fingerprint density at radius 3 is 2.19 bits per heavy atom. The zero-order valence-electron chi connectivity index (χ0n) is 10.8. The highest BCUT2D eigenvalue weighted by molar-refractivity contribution is 5.77. The highest BCUT2D eigenvalue weighted by Gasteiger charge is 1.96. The molecule has 0 rings (SSSR count). The normalized spacial score (nSPS) is 10.1. The van der Waals surface area contributed by atoms with Crippen molar-refractivity contribution in [2.24, 2.45) is 0 Å². The highest BCUT2D eigenvalue weighted by Crippen LogP contribution is 2.07. The average molecular weight is 225 g/mol. The van der Waals surface area contributed by atoms with E-state index >= 15 is 0 Å². The minimum Gasteiger partial charge on any atom is -0.356 e. The molecular formula is C14H27NO. The Hall–Kier alpha value is -0.790. The van der Waals surface area contributed by atoms with E-state index in [-0.39, 0.29) is 5.91 Å². The van der Waals surface area contributed by atoms with Crippen LogP contribution in [0.25, 0.3) is 0 Å². The van der Waals surface area contributed by atoms with Crippen molar-refractivity contribution in [3.05, 3.63) is 12.7 Å². The van der Waals surface area contributed by atoms with Crippen LogP contribution in [0.3, 0.4) is 0 Å². The van der Waals surface area contributed by atoms with E-state index in [0.717, 1.165) is 13.0 Å². The molecule has 16 heavy (non-hydrogen) atoms. The molecule has 0 aromatic heterocycles. The lowest BCUT2D eigenvalue weighted by Gasteiger charge is -2.03. The van der Waals surface area contributed by atoms with Crippen LogP contribution in [-0.4, -0.2) is 12.5 Å². The van der Waals surface area contributed by atoms with Gasteiger partial charge in [0.25, 0.3) is 0 Å². The van der Waals surface area contributed by atoms with Gasteiger partial charge in [0.05, 0.1) is 0 Å². The minimum atomic E-state index is 0.0953. The average Bonchev–Trinajstić information content (AvgIpc) is 2.27. The largest absolute Gasteiger partial charge is 0.356 e. The monoisotopic (exact) mass is 225 g/mol. The summed E-state index contributed by atoms with van der Waals surface area (Å²) in [5.41, 5.74) is 0. The second kappa shape index (κ2) is 12.3. The van der Waals surface area contributed by atoms with Gasteiger partial charge in [0.2, 0.25) is 5.91 Å². The molecule has 2 heteroatoms. The summed E-state index contributed by atoms with van der Waals surface area (Å²) in [6, 6.07) is 0. The van der Waals surface area contributed by atoms with Gasteiger partial charge < -0.3 is 5.32 Å². The van der Waals surface area contributed by atoms with Crippen LogP contribution in [0.4, 0.5) is 0 Å². The number of nitrogens with one attached hydrogen (secondary N) is 1. The first-order valence-electron chi connectivity index (χ1n) is 6.68. The maximum Gasteiger partial charge on any atom is 0.223 e. The molecule has 0 spiro atoms. The zero-order valence-corrected chi connectivity index (χ0v) is 10.8. The third kappa shape index (κ3) is 11.3. The second-order valence-electron chi connectivity index (χ2n) is 4.32. The summed E-state index contributed by atoms with van der Waals surface area (Å²) in [4.78, 5) is 11.1. The lowest BCUT2D eigenvalue weighted by molar-refractivity contribution is -0.120. The van der Waals surface area contributed by atoms with Gasteiger partial charge in [-0.2, -0.15) is 0 Å². The molecule has 0 radical (unpaired) electrons. The molecule has 0 aromatic rings. The summed E-state index contributed by atoms with van der Waals surface area (Å²) in [6.45, 7) is 6.60. The van der Waals surface area contributed by atoms with Gasteiger partial charge in [-0.05, 0) is 6.42 Å². The number of unbranched alkanes of at least 4 members (excludes halogenated alkanes) is 7. The molecule has 0 fully saturated rings. The Labute approximate surface area is 101 Å². The molecular weight excluding hydrogens is 198 g/mol. The van der Waals surface area contributed by atoms with Crippen LogP contribution >= 0.6 is 0 Å². The first-order valence-corrected chi connectivity index (χ1v) is 6.68. The van der Waals surface area contributed by atoms with E-state index in [2.05, 4.69) is 18.8 Å². The van der Waals surface area contributed by atoms with Crippen LogP contribution in [0.5, 0.6) is 0 Å². The Morgan fingerprint density at radius 1 is 1.06 bits per heavy atom. The third-order valence-corrected chi connectivity index (χ3v) is 2.68. The van der Waals surface area contributed by atoms with Crippen LogP contribution < -0.4 is 5.32 Å². The first-order chi connectivity index (χ1) is 7.81. The van der Waals surface area contributed by atoms with E-state index in [9.17, 15) is 4.79 Å². The van der Waals surface area contributed by atoms with Gasteiger partial charge in [0.15, 0.2) is 0 Å². The van der Waals surface area contributed by atoms with Crippen molar-refractivity contribution in [3.63, 3.8) is 0 Å². The lowest BCUT2D eigenvalue weighted by Crippen LogP contribution is -2.23. The Balaban J connectivity index is 3.03. The molecule has 2 nitrogen and oxygen atoms in total. The number of hydrogen-bond donors (Lipinski definition) is 1. The van der Waals surface area contributed by atoms with Crippen LogP contribution in [0.1, 0.15) is 64.7 Å². The molecule has 0 aliphatic rings. The van der Waals surface area contributed by atoms with Gasteiger partial charge in [0, 0.05) is 13.0 Å². The third-order valence-electron chi connectivity index (χ3n) is 2.68. The minimum absolute atomic E-state index is 0.0953. The summed E-state index contributed by atoms with van der Waals surface area (Å²) in [5.74, 6) is 0.0953. The molecule has 0 saturated carbocycles. The second-order valence-corrected chi connectivity index (χ2v) is 4.32. The van der Waals surface area contributed by atoms with E-state index in [1.165, 1.54) is 44.9 Å². The van der Waals surface area contributed by atoms with Crippen molar-refractivity contribution in [2.45, 2.75) is 64.7 Å². The molecule has 0 atom stereocenters. The SMILES string of the molecule is C=CCC(=O)NCCCCCCCCCC. The van der Waals surface area contributed by atoms with Crippen LogP contribution in [0, 0.1) is 0 Å². The fourth-order valence-corrected chi connectivity index (χ4v) is 1.69. The molecule has 0 unspecified atom stereocenters. The molecule has 1 N–H and O–H groups in total. The summed E-state index contributed by atoms with van der Waals surface area (Å²) in [5, 5.41) is 2.88. The zero-order chi connectivity index (χ0) is 12.1. The standard InChI is InChI=1S/C14H27NO/c1-3-5-6-7-8-9-10-11-13-15-14(16)12-4-2/h4H,2-3,5-13H2,1H3,(H,15,16). The molecule has 0 aliphatic heterocycles. The van der Waals surface area contributed by atoms with Crippen molar-refractivity contribution < 1.29 is 4.79 Å². The molecule has 1 amide bonds. The van der Waals surface area contributed by atoms with Crippen molar-refractivity contribution in [2.75, 3.05) is 6.54 Å². The quantitative estimate of drug-likeness (QED) is 0.420. The molecule has 0 bridgehead atoms. The van der Waals surface area contributed by atoms with Crippen LogP contribution in [-0.2, 0) is 4.79 Å². The number of rotatable bonds is 11. The lowest BCUT2D eigenvalue weighted by atomic mass is 10.1. The predicted molar refractivity (Wildman–Crippen MR) is 70.4 cm³/mol. The summed E-state index contributed by atoms with van der Waals surface area (Å²) in [7, 11) is 0. The summed E-state index contributed by atoms with van der Waals surface area (Å²) < 4.78 is 0. The first kappa shape index (κ1) is 15.2. The maximum atomic E-state index is 11.1. The van der Waals surface area contributed by atoms with Crippen molar-refractivity contribution in [3.8, 4) is 0 Å². The number of amides is 1. The number of carbonyl (C=O) groups is 1. The molecule has 0 aromatic carbocycles. The molecule has 0 heterocycles. The van der Waals surface area contributed by atoms with E-state index in [4.69, 9.17) is 0 Å². The van der Waals surface area contributed by atoms with Gasteiger partial charge in [-0.25, -0.2) is 0 Å². The van der Waals surface area contributed by atoms with Crippen molar-refractivity contribution in [1.82, 2.24) is 5.32 Å². The fourth-order valence-electron chi connectivity index (χ4n) is 1.69. The van der Waals surface area contributed by atoms with Crippen molar-refractivity contribution in [1.29, 1.82) is 0 Å². The Bertz CT molecular complexity index is 178. The van der Waals surface area contributed by atoms with Gasteiger partial charge in [-0.1, -0.05) is 57.9 Å². The topological polar surface area (TPSA) is 29.1 Å². The predicted octanol–water partition coefficient (Wildman–Crippen LogP) is 3.82. The Morgan fingerprint density at radius 2 is 1.62 bits per heavy atom. The van der Waals surface area contributed by atoms with E-state index in [1.807, 2.05) is 0 Å². The fraction of sp³-hybridized carbons (Fsp3) is 0.786. The summed E-state index contributed by atoms with van der Waals surface area (Å²) >= 11 is 0. The van der Waals surface area contributed by atoms with Gasteiger partial charge in [0.1, 0.15) is 0 Å². The Kier molecular flexibility index (Phi) is 11.7. The van der Waals surface area contributed by atoms with Gasteiger partial charge in [-0.15, -0.1) is 6.58 Å². The highest BCUT2D eigenvalue weighted by atomic mass is 16.1. The van der Waals surface area contributed by atoms with Crippen LogP contribution in [0.15, 0.2) is 12.7 Å².